The van der Waals surface area contributed by atoms with Crippen LogP contribution in [0.25, 0.3) is 16.8 Å². The Hall–Kier alpha value is -4.63. The highest BCUT2D eigenvalue weighted by Crippen LogP contribution is 2.38. The van der Waals surface area contributed by atoms with Crippen LogP contribution in [0.4, 0.5) is 16.2 Å². The second kappa shape index (κ2) is 11.6. The van der Waals surface area contributed by atoms with Gasteiger partial charge in [-0.05, 0) is 42.8 Å². The molecule has 0 aliphatic carbocycles. The molecule has 0 saturated heterocycles. The quantitative estimate of drug-likeness (QED) is 0.227. The van der Waals surface area contributed by atoms with E-state index in [1.807, 2.05) is 0 Å². The van der Waals surface area contributed by atoms with Gasteiger partial charge in [0.05, 0.1) is 32.2 Å². The Morgan fingerprint density at radius 3 is 2.24 bits per heavy atom. The van der Waals surface area contributed by atoms with Gasteiger partial charge in [-0.25, -0.2) is 9.59 Å². The number of ether oxygens (including phenoxy) is 3. The van der Waals surface area contributed by atoms with Gasteiger partial charge in [0, 0.05) is 17.3 Å². The predicted molar refractivity (Wildman–Crippen MR) is 146 cm³/mol. The zero-order valence-electron chi connectivity index (χ0n) is 20.9. The van der Waals surface area contributed by atoms with E-state index < -0.39 is 12.0 Å². The average Bonchev–Trinajstić information content (AvgIpc) is 3.24. The van der Waals surface area contributed by atoms with Gasteiger partial charge in [0.25, 0.3) is 0 Å². The molecule has 0 unspecified atom stereocenters. The maximum absolute atomic E-state index is 13.0. The zero-order chi connectivity index (χ0) is 27.2. The molecule has 0 aliphatic rings. The molecule has 3 aromatic carbocycles. The molecule has 196 valence electrons. The fourth-order valence-corrected chi connectivity index (χ4v) is 4.25. The van der Waals surface area contributed by atoms with Crippen LogP contribution in [0.3, 0.4) is 0 Å². The maximum atomic E-state index is 13.0. The lowest BCUT2D eigenvalue weighted by atomic mass is 10.0. The van der Waals surface area contributed by atoms with E-state index in [1.54, 1.807) is 73.7 Å². The van der Waals surface area contributed by atoms with Gasteiger partial charge in [0.1, 0.15) is 10.9 Å². The summed E-state index contributed by atoms with van der Waals surface area (Å²) >= 11 is 6.55. The van der Waals surface area contributed by atoms with Gasteiger partial charge in [-0.15, -0.1) is 0 Å². The molecule has 0 atom stereocenters. The van der Waals surface area contributed by atoms with Gasteiger partial charge in [0.2, 0.25) is 0 Å². The number of carbonyl (C=O) groups excluding carboxylic acids is 2. The molecule has 0 saturated carbocycles. The van der Waals surface area contributed by atoms with E-state index in [0.717, 1.165) is 5.56 Å². The normalized spacial score (nSPS) is 10.5. The van der Waals surface area contributed by atoms with Crippen molar-refractivity contribution >= 4 is 35.0 Å². The Bertz CT molecular complexity index is 1470. The van der Waals surface area contributed by atoms with E-state index in [1.165, 1.54) is 24.9 Å². The van der Waals surface area contributed by atoms with Crippen LogP contribution in [0.1, 0.15) is 17.4 Å². The highest BCUT2D eigenvalue weighted by Gasteiger charge is 2.25. The number of para-hydroxylation sites is 3. The first kappa shape index (κ1) is 26.4. The summed E-state index contributed by atoms with van der Waals surface area (Å²) in [6.07, 6.45) is 0. The van der Waals surface area contributed by atoms with Gasteiger partial charge >= 0.3 is 12.0 Å². The van der Waals surface area contributed by atoms with Crippen molar-refractivity contribution in [1.29, 1.82) is 0 Å². The first-order valence-electron chi connectivity index (χ1n) is 11.6. The average molecular weight is 536 g/mol. The van der Waals surface area contributed by atoms with Gasteiger partial charge in [0.15, 0.2) is 17.2 Å². The van der Waals surface area contributed by atoms with Gasteiger partial charge in [-0.3, -0.25) is 4.57 Å². The lowest BCUT2D eigenvalue weighted by Crippen LogP contribution is -2.22. The third-order valence-corrected chi connectivity index (χ3v) is 5.96. The van der Waals surface area contributed by atoms with Crippen LogP contribution in [0.15, 0.2) is 72.8 Å². The van der Waals surface area contributed by atoms with Crippen molar-refractivity contribution in [2.75, 3.05) is 31.5 Å². The molecule has 0 aliphatic heterocycles. The number of amides is 2. The van der Waals surface area contributed by atoms with E-state index in [2.05, 4.69) is 10.6 Å². The van der Waals surface area contributed by atoms with E-state index in [0.29, 0.717) is 28.4 Å². The van der Waals surface area contributed by atoms with Crippen LogP contribution in [-0.4, -0.2) is 42.5 Å². The Morgan fingerprint density at radius 2 is 1.55 bits per heavy atom. The molecule has 1 heterocycles. The molecule has 0 spiro atoms. The molecule has 0 bridgehead atoms. The number of aromatic nitrogens is 1. The Morgan fingerprint density at radius 1 is 0.895 bits per heavy atom. The first-order chi connectivity index (χ1) is 18.4. The standard InChI is InChI=1S/C28H26ClN3O6/c1-4-38-27(34)25-21(31-28(35)30-20-9-5-6-10-22(20)36-2)16-24(29)32(25)18-14-12-17(13-15-18)19-8-7-11-23(37-3)26(19)33/h5-16,33H,4H2,1-3H3,(H2,30,31,35). The molecule has 3 N–H and O–H groups in total. The number of esters is 1. The first-order valence-corrected chi connectivity index (χ1v) is 12.0. The Labute approximate surface area is 224 Å². The molecule has 38 heavy (non-hydrogen) atoms. The second-order valence-electron chi connectivity index (χ2n) is 7.97. The number of urea groups is 1. The van der Waals surface area contributed by atoms with Crippen molar-refractivity contribution in [1.82, 2.24) is 4.57 Å². The summed E-state index contributed by atoms with van der Waals surface area (Å²) in [4.78, 5) is 25.8. The highest BCUT2D eigenvalue weighted by atomic mass is 35.5. The number of rotatable bonds is 8. The lowest BCUT2D eigenvalue weighted by Gasteiger charge is -2.14. The van der Waals surface area contributed by atoms with Gasteiger partial charge < -0.3 is 30.0 Å². The van der Waals surface area contributed by atoms with Crippen molar-refractivity contribution in [3.63, 3.8) is 0 Å². The van der Waals surface area contributed by atoms with Crippen LogP contribution >= 0.6 is 11.6 Å². The number of nitrogens with zero attached hydrogens (tertiary/aromatic N) is 1. The van der Waals surface area contributed by atoms with Crippen molar-refractivity contribution in [2.45, 2.75) is 6.92 Å². The number of hydrogen-bond acceptors (Lipinski definition) is 6. The molecular weight excluding hydrogens is 510 g/mol. The van der Waals surface area contributed by atoms with Crippen molar-refractivity contribution in [3.05, 3.63) is 83.6 Å². The monoisotopic (exact) mass is 535 g/mol. The molecule has 0 radical (unpaired) electrons. The lowest BCUT2D eigenvalue weighted by molar-refractivity contribution is 0.0518. The second-order valence-corrected chi connectivity index (χ2v) is 8.36. The van der Waals surface area contributed by atoms with E-state index in [4.69, 9.17) is 25.8 Å². The number of anilines is 2. The highest BCUT2D eigenvalue weighted by molar-refractivity contribution is 6.31. The van der Waals surface area contributed by atoms with Crippen molar-refractivity contribution in [2.24, 2.45) is 0 Å². The molecule has 1 aromatic heterocycles. The molecule has 10 heteroatoms. The summed E-state index contributed by atoms with van der Waals surface area (Å²) in [5.74, 6) is 0.181. The van der Waals surface area contributed by atoms with Crippen molar-refractivity contribution in [3.8, 4) is 34.1 Å². The third-order valence-electron chi connectivity index (χ3n) is 5.68. The third kappa shape index (κ3) is 5.37. The maximum Gasteiger partial charge on any atom is 0.357 e. The van der Waals surface area contributed by atoms with Gasteiger partial charge in [-0.2, -0.15) is 0 Å². The molecular formula is C28H26ClN3O6. The Balaban J connectivity index is 1.68. The van der Waals surface area contributed by atoms with Gasteiger partial charge in [-0.1, -0.05) is 48.0 Å². The van der Waals surface area contributed by atoms with Crippen LogP contribution in [0.5, 0.6) is 17.2 Å². The van der Waals surface area contributed by atoms with E-state index in [9.17, 15) is 14.7 Å². The number of aromatic hydroxyl groups is 1. The number of benzene rings is 3. The summed E-state index contributed by atoms with van der Waals surface area (Å²) in [5.41, 5.74) is 2.50. The van der Waals surface area contributed by atoms with Crippen LogP contribution < -0.4 is 20.1 Å². The number of methoxy groups -OCH3 is 2. The number of carbonyl (C=O) groups is 2. The number of halogens is 1. The summed E-state index contributed by atoms with van der Waals surface area (Å²) < 4.78 is 17.2. The number of hydrogen-bond donors (Lipinski definition) is 3. The SMILES string of the molecule is CCOC(=O)c1c(NC(=O)Nc2ccccc2OC)cc(Cl)n1-c1ccc(-c2cccc(OC)c2O)cc1. The Kier molecular flexibility index (Phi) is 8.08. The molecule has 0 fully saturated rings. The number of nitrogens with one attached hydrogen (secondary N) is 2. The summed E-state index contributed by atoms with van der Waals surface area (Å²) in [5, 5.41) is 16.1. The van der Waals surface area contributed by atoms with Crippen LogP contribution in [-0.2, 0) is 4.74 Å². The minimum atomic E-state index is -0.665. The number of phenolic OH excluding ortho intramolecular Hbond substituents is 1. The topological polar surface area (TPSA) is 111 Å². The van der Waals surface area contributed by atoms with Crippen LogP contribution in [0, 0.1) is 0 Å². The molecule has 2 amide bonds. The summed E-state index contributed by atoms with van der Waals surface area (Å²) in [7, 11) is 2.98. The zero-order valence-corrected chi connectivity index (χ0v) is 21.7. The minimum absolute atomic E-state index is 0.0153. The molecule has 9 nitrogen and oxygen atoms in total. The summed E-state index contributed by atoms with van der Waals surface area (Å²) in [6.45, 7) is 1.81. The molecule has 4 aromatic rings. The summed E-state index contributed by atoms with van der Waals surface area (Å²) in [6, 6.07) is 20.0. The predicted octanol–water partition coefficient (Wildman–Crippen LogP) is 6.34. The van der Waals surface area contributed by atoms with E-state index in [-0.39, 0.29) is 28.9 Å². The fourth-order valence-electron chi connectivity index (χ4n) is 3.96. The molecule has 4 rings (SSSR count). The number of phenols is 1. The fraction of sp³-hybridized carbons (Fsp3) is 0.143. The van der Waals surface area contributed by atoms with E-state index >= 15 is 0 Å². The smallest absolute Gasteiger partial charge is 0.357 e. The largest absolute Gasteiger partial charge is 0.504 e. The minimum Gasteiger partial charge on any atom is -0.504 e. The van der Waals surface area contributed by atoms with Crippen LogP contribution in [0.2, 0.25) is 5.15 Å². The van der Waals surface area contributed by atoms with Crippen molar-refractivity contribution < 1.29 is 28.9 Å².